The third kappa shape index (κ3) is 5.46. The van der Waals surface area contributed by atoms with E-state index in [-0.39, 0.29) is 36.6 Å². The fourth-order valence-corrected chi connectivity index (χ4v) is 4.07. The summed E-state index contributed by atoms with van der Waals surface area (Å²) in [6.07, 6.45) is 3.97. The number of nitrogens with zero attached hydrogens (tertiary/aromatic N) is 2. The molecule has 36 heavy (non-hydrogen) atoms. The van der Waals surface area contributed by atoms with Crippen molar-refractivity contribution in [2.24, 2.45) is 14.1 Å². The molecule has 2 aromatic heterocycles. The van der Waals surface area contributed by atoms with E-state index >= 15 is 0 Å². The second-order valence-electron chi connectivity index (χ2n) is 8.27. The number of nitrogens with one attached hydrogen (secondary N) is 2. The van der Waals surface area contributed by atoms with Crippen LogP contribution in [0.25, 0.3) is 21.8 Å². The Balaban J connectivity index is 0.00000180. The van der Waals surface area contributed by atoms with Crippen LogP contribution in [0, 0.1) is 0 Å². The SMILES string of the molecule is C[n+]1cccc2cc(NC(=O)c3ccc(C(=O)Nc4ccc5c(ccc[n+]5C)c4)cc3)ccc21.[Cl-].[Cl-]. The summed E-state index contributed by atoms with van der Waals surface area (Å²) in [5.74, 6) is -0.456. The van der Waals surface area contributed by atoms with Crippen LogP contribution in [-0.4, -0.2) is 11.8 Å². The van der Waals surface area contributed by atoms with Crippen molar-refractivity contribution < 1.29 is 43.5 Å². The topological polar surface area (TPSA) is 66.0 Å². The molecule has 182 valence electrons. The van der Waals surface area contributed by atoms with Gasteiger partial charge < -0.3 is 35.4 Å². The number of pyridine rings is 2. The first-order valence-electron chi connectivity index (χ1n) is 11.0. The lowest BCUT2D eigenvalue weighted by molar-refractivity contribution is -0.645. The van der Waals surface area contributed by atoms with Gasteiger partial charge in [-0.25, -0.2) is 9.13 Å². The molecule has 2 N–H and O–H groups in total. The third-order valence-electron chi connectivity index (χ3n) is 5.91. The van der Waals surface area contributed by atoms with Crippen molar-refractivity contribution >= 4 is 45.0 Å². The van der Waals surface area contributed by atoms with E-state index in [0.717, 1.165) is 33.2 Å². The summed E-state index contributed by atoms with van der Waals surface area (Å²) < 4.78 is 4.06. The van der Waals surface area contributed by atoms with Crippen LogP contribution in [-0.2, 0) is 14.1 Å². The highest BCUT2D eigenvalue weighted by atomic mass is 35.5. The zero-order valence-electron chi connectivity index (χ0n) is 19.7. The van der Waals surface area contributed by atoms with Gasteiger partial charge in [-0.3, -0.25) is 9.59 Å². The smallest absolute Gasteiger partial charge is 0.255 e. The molecule has 0 atom stereocenters. The fourth-order valence-electron chi connectivity index (χ4n) is 4.07. The van der Waals surface area contributed by atoms with Crippen LogP contribution in [0.3, 0.4) is 0 Å². The molecular weight excluding hydrogens is 495 g/mol. The highest BCUT2D eigenvalue weighted by molar-refractivity contribution is 6.08. The molecule has 2 heterocycles. The highest BCUT2D eigenvalue weighted by Gasteiger charge is 2.12. The first-order chi connectivity index (χ1) is 16.5. The molecule has 0 bridgehead atoms. The lowest BCUT2D eigenvalue weighted by Crippen LogP contribution is -3.00. The molecular formula is C28H24Cl2N4O2. The van der Waals surface area contributed by atoms with Gasteiger partial charge in [-0.1, -0.05) is 0 Å². The van der Waals surface area contributed by atoms with Crippen LogP contribution < -0.4 is 44.6 Å². The summed E-state index contributed by atoms with van der Waals surface area (Å²) in [7, 11) is 3.97. The van der Waals surface area contributed by atoms with E-state index in [9.17, 15) is 9.59 Å². The number of aryl methyl sites for hydroxylation is 2. The summed E-state index contributed by atoms with van der Waals surface area (Å²) in [4.78, 5) is 25.4. The number of carbonyl (C=O) groups excluding carboxylic acids is 2. The molecule has 2 amide bonds. The summed E-state index contributed by atoms with van der Waals surface area (Å²) in [5, 5.41) is 7.94. The molecule has 0 radical (unpaired) electrons. The Hall–Kier alpha value is -4.00. The normalized spacial score (nSPS) is 10.3. The van der Waals surface area contributed by atoms with Crippen molar-refractivity contribution in [2.75, 3.05) is 10.6 Å². The molecule has 0 unspecified atom stereocenters. The monoisotopic (exact) mass is 518 g/mol. The number of carbonyl (C=O) groups is 2. The molecule has 0 aliphatic heterocycles. The van der Waals surface area contributed by atoms with Gasteiger partial charge in [-0.05, 0) is 60.7 Å². The molecule has 0 fully saturated rings. The zero-order valence-corrected chi connectivity index (χ0v) is 21.2. The second kappa shape index (κ2) is 11.2. The van der Waals surface area contributed by atoms with Crippen LogP contribution in [0.15, 0.2) is 97.3 Å². The number of halogens is 2. The van der Waals surface area contributed by atoms with E-state index in [1.54, 1.807) is 24.3 Å². The average molecular weight is 519 g/mol. The number of aromatic nitrogens is 2. The number of hydrogen-bond acceptors (Lipinski definition) is 2. The van der Waals surface area contributed by atoms with Crippen molar-refractivity contribution in [3.05, 3.63) is 108 Å². The molecule has 3 aromatic carbocycles. The van der Waals surface area contributed by atoms with Crippen LogP contribution in [0.2, 0.25) is 0 Å². The van der Waals surface area contributed by atoms with Crippen molar-refractivity contribution in [1.82, 2.24) is 0 Å². The summed E-state index contributed by atoms with van der Waals surface area (Å²) in [5.41, 5.74) is 4.56. The maximum Gasteiger partial charge on any atom is 0.255 e. The fraction of sp³-hybridized carbons (Fsp3) is 0.0714. The minimum absolute atomic E-state index is 0. The first-order valence-corrected chi connectivity index (χ1v) is 11.0. The number of amides is 2. The van der Waals surface area contributed by atoms with Crippen LogP contribution in [0.4, 0.5) is 11.4 Å². The zero-order chi connectivity index (χ0) is 23.7. The molecule has 0 aliphatic rings. The van der Waals surface area contributed by atoms with Crippen LogP contribution in [0.1, 0.15) is 20.7 Å². The predicted molar refractivity (Wildman–Crippen MR) is 133 cm³/mol. The Bertz CT molecular complexity index is 1450. The van der Waals surface area contributed by atoms with Gasteiger partial charge in [0.2, 0.25) is 11.0 Å². The van der Waals surface area contributed by atoms with E-state index < -0.39 is 0 Å². The molecule has 6 nitrogen and oxygen atoms in total. The van der Waals surface area contributed by atoms with E-state index in [0.29, 0.717) is 11.1 Å². The van der Waals surface area contributed by atoms with E-state index in [2.05, 4.69) is 10.6 Å². The van der Waals surface area contributed by atoms with Crippen LogP contribution >= 0.6 is 0 Å². The maximum atomic E-state index is 12.7. The second-order valence-corrected chi connectivity index (χ2v) is 8.27. The summed E-state index contributed by atoms with van der Waals surface area (Å²) in [6, 6.07) is 26.2. The van der Waals surface area contributed by atoms with Crippen molar-refractivity contribution in [1.29, 1.82) is 0 Å². The quantitative estimate of drug-likeness (QED) is 0.274. The lowest BCUT2D eigenvalue weighted by atomic mass is 10.1. The predicted octanol–water partition coefficient (Wildman–Crippen LogP) is -1.85. The minimum atomic E-state index is -0.228. The minimum Gasteiger partial charge on any atom is -1.00 e. The van der Waals surface area contributed by atoms with Gasteiger partial charge in [0.25, 0.3) is 11.8 Å². The maximum absolute atomic E-state index is 12.7. The number of rotatable bonds is 4. The van der Waals surface area contributed by atoms with E-state index in [1.807, 2.05) is 96.3 Å². The summed E-state index contributed by atoms with van der Waals surface area (Å²) >= 11 is 0. The number of anilines is 2. The Kier molecular flexibility index (Phi) is 8.25. The van der Waals surface area contributed by atoms with Gasteiger partial charge in [-0.2, -0.15) is 0 Å². The Labute approximate surface area is 221 Å². The van der Waals surface area contributed by atoms with E-state index in [4.69, 9.17) is 0 Å². The highest BCUT2D eigenvalue weighted by Crippen LogP contribution is 2.19. The van der Waals surface area contributed by atoms with Crippen molar-refractivity contribution in [3.8, 4) is 0 Å². The molecule has 0 aliphatic carbocycles. The van der Waals surface area contributed by atoms with Crippen molar-refractivity contribution in [2.45, 2.75) is 0 Å². The molecule has 0 saturated carbocycles. The van der Waals surface area contributed by atoms with Gasteiger partial charge in [0, 0.05) is 57.5 Å². The molecule has 5 aromatic rings. The molecule has 0 saturated heterocycles. The van der Waals surface area contributed by atoms with Gasteiger partial charge in [0.05, 0.1) is 0 Å². The number of benzene rings is 3. The lowest BCUT2D eigenvalue weighted by Gasteiger charge is -2.08. The Morgan fingerprint density at radius 1 is 0.583 bits per heavy atom. The largest absolute Gasteiger partial charge is 1.00 e. The molecule has 0 spiro atoms. The summed E-state index contributed by atoms with van der Waals surface area (Å²) in [6.45, 7) is 0. The van der Waals surface area contributed by atoms with Gasteiger partial charge in [0.1, 0.15) is 14.1 Å². The van der Waals surface area contributed by atoms with Gasteiger partial charge in [0.15, 0.2) is 12.4 Å². The standard InChI is InChI=1S/C28H22N4O2.2ClH/c1-31-15-3-5-21-17-23(11-13-25(21)31)29-27(33)19-7-9-20(10-8-19)28(34)30-24-12-14-26-22(18-24)6-4-16-32(26)2;;/h3-18H,1-2H3;2*1H. The van der Waals surface area contributed by atoms with Gasteiger partial charge >= 0.3 is 0 Å². The molecule has 8 heteroatoms. The Morgan fingerprint density at radius 2 is 0.972 bits per heavy atom. The third-order valence-corrected chi connectivity index (χ3v) is 5.91. The number of fused-ring (bicyclic) bond motifs is 2. The van der Waals surface area contributed by atoms with Gasteiger partial charge in [-0.15, -0.1) is 0 Å². The van der Waals surface area contributed by atoms with E-state index in [1.165, 1.54) is 0 Å². The number of hydrogen-bond donors (Lipinski definition) is 2. The van der Waals surface area contributed by atoms with Crippen LogP contribution in [0.5, 0.6) is 0 Å². The van der Waals surface area contributed by atoms with Crippen molar-refractivity contribution in [3.63, 3.8) is 0 Å². The first kappa shape index (κ1) is 26.6. The Morgan fingerprint density at radius 3 is 1.36 bits per heavy atom. The molecule has 5 rings (SSSR count). The average Bonchev–Trinajstić information content (AvgIpc) is 2.84.